The lowest BCUT2D eigenvalue weighted by Gasteiger charge is -2.15. The van der Waals surface area contributed by atoms with Gasteiger partial charge in [0.05, 0.1) is 6.10 Å². The van der Waals surface area contributed by atoms with E-state index in [0.717, 1.165) is 18.6 Å². The number of nitrogens with zero attached hydrogens (tertiary/aromatic N) is 1. The Hall–Kier alpha value is -0.930. The lowest BCUT2D eigenvalue weighted by atomic mass is 10.1. The van der Waals surface area contributed by atoms with Gasteiger partial charge in [-0.15, -0.1) is 0 Å². The molecule has 90 valence electrons. The first kappa shape index (κ1) is 13.1. The molecule has 0 aliphatic carbocycles. The molecule has 1 aromatic heterocycles. The van der Waals surface area contributed by atoms with Crippen molar-refractivity contribution in [3.63, 3.8) is 0 Å². The smallest absolute Gasteiger partial charge is 0.0961 e. The summed E-state index contributed by atoms with van der Waals surface area (Å²) in [5, 5.41) is 0. The molecule has 16 heavy (non-hydrogen) atoms. The van der Waals surface area contributed by atoms with Gasteiger partial charge in [-0.2, -0.15) is 0 Å². The van der Waals surface area contributed by atoms with E-state index in [-0.39, 0.29) is 6.10 Å². The summed E-state index contributed by atoms with van der Waals surface area (Å²) in [7, 11) is 0. The lowest BCUT2D eigenvalue weighted by Crippen LogP contribution is -2.16. The topological polar surface area (TPSA) is 48.1 Å². The fraction of sp³-hybridized carbons (Fsp3) is 0.615. The van der Waals surface area contributed by atoms with Crippen LogP contribution >= 0.6 is 0 Å². The van der Waals surface area contributed by atoms with Crippen LogP contribution in [0.2, 0.25) is 0 Å². The molecule has 1 unspecified atom stereocenters. The second-order valence-corrected chi connectivity index (χ2v) is 3.94. The fourth-order valence-electron chi connectivity index (χ4n) is 1.62. The van der Waals surface area contributed by atoms with Crippen LogP contribution in [0, 0.1) is 0 Å². The number of hydrogen-bond acceptors (Lipinski definition) is 3. The molecule has 0 radical (unpaired) electrons. The quantitative estimate of drug-likeness (QED) is 0.688. The molecule has 0 bridgehead atoms. The fourth-order valence-corrected chi connectivity index (χ4v) is 1.62. The van der Waals surface area contributed by atoms with E-state index in [1.165, 1.54) is 19.3 Å². The minimum absolute atomic E-state index is 0.00433. The Morgan fingerprint density at radius 3 is 2.88 bits per heavy atom. The highest BCUT2D eigenvalue weighted by atomic mass is 16.5. The summed E-state index contributed by atoms with van der Waals surface area (Å²) < 4.78 is 5.76. The third kappa shape index (κ3) is 4.73. The van der Waals surface area contributed by atoms with E-state index >= 15 is 0 Å². The van der Waals surface area contributed by atoms with Crippen molar-refractivity contribution in [2.24, 2.45) is 5.73 Å². The highest BCUT2D eigenvalue weighted by molar-refractivity contribution is 5.12. The molecule has 0 amide bonds. The molecule has 3 heteroatoms. The van der Waals surface area contributed by atoms with E-state index in [9.17, 15) is 0 Å². The second-order valence-electron chi connectivity index (χ2n) is 3.94. The molecule has 0 saturated carbocycles. The van der Waals surface area contributed by atoms with Crippen LogP contribution in [0.3, 0.4) is 0 Å². The number of nitrogens with two attached hydrogens (primary N) is 1. The largest absolute Gasteiger partial charge is 0.372 e. The van der Waals surface area contributed by atoms with E-state index in [1.807, 2.05) is 18.3 Å². The van der Waals surface area contributed by atoms with Crippen molar-refractivity contribution in [3.05, 3.63) is 30.1 Å². The first-order chi connectivity index (χ1) is 7.88. The van der Waals surface area contributed by atoms with Crippen molar-refractivity contribution < 1.29 is 4.74 Å². The third-order valence-electron chi connectivity index (χ3n) is 2.59. The summed E-state index contributed by atoms with van der Waals surface area (Å²) in [4.78, 5) is 4.08. The summed E-state index contributed by atoms with van der Waals surface area (Å²) in [5.41, 5.74) is 6.76. The van der Waals surface area contributed by atoms with Crippen molar-refractivity contribution in [1.29, 1.82) is 0 Å². The van der Waals surface area contributed by atoms with Gasteiger partial charge in [0.25, 0.3) is 0 Å². The van der Waals surface area contributed by atoms with Gasteiger partial charge < -0.3 is 10.5 Å². The van der Waals surface area contributed by atoms with Gasteiger partial charge in [0.15, 0.2) is 0 Å². The molecule has 1 aromatic rings. The SMILES string of the molecule is CCCCCCOC(CN)c1cccnc1. The average Bonchev–Trinajstić information content (AvgIpc) is 2.35. The molecule has 0 aliphatic heterocycles. The van der Waals surface area contributed by atoms with E-state index in [1.54, 1.807) is 6.20 Å². The molecule has 2 N–H and O–H groups in total. The minimum Gasteiger partial charge on any atom is -0.372 e. The van der Waals surface area contributed by atoms with Crippen LogP contribution < -0.4 is 5.73 Å². The lowest BCUT2D eigenvalue weighted by molar-refractivity contribution is 0.0556. The molecule has 0 aliphatic rings. The summed E-state index contributed by atoms with van der Waals surface area (Å²) in [6.45, 7) is 3.51. The second kappa shape index (κ2) is 8.25. The van der Waals surface area contributed by atoms with Crippen molar-refractivity contribution in [1.82, 2.24) is 4.98 Å². The van der Waals surface area contributed by atoms with Gasteiger partial charge in [-0.25, -0.2) is 0 Å². The third-order valence-corrected chi connectivity index (χ3v) is 2.59. The Morgan fingerprint density at radius 2 is 2.25 bits per heavy atom. The summed E-state index contributed by atoms with van der Waals surface area (Å²) in [6, 6.07) is 3.93. The molecule has 1 heterocycles. The predicted octanol–water partition coefficient (Wildman–Crippen LogP) is 2.68. The number of pyridine rings is 1. The number of rotatable bonds is 8. The highest BCUT2D eigenvalue weighted by Crippen LogP contribution is 2.15. The Bertz CT molecular complexity index is 264. The number of hydrogen-bond donors (Lipinski definition) is 1. The molecule has 3 nitrogen and oxygen atoms in total. The predicted molar refractivity (Wildman–Crippen MR) is 66.1 cm³/mol. The van der Waals surface area contributed by atoms with Crippen LogP contribution in [0.4, 0.5) is 0 Å². The maximum atomic E-state index is 5.76. The van der Waals surface area contributed by atoms with Gasteiger partial charge in [0.2, 0.25) is 0 Å². The molecule has 0 saturated heterocycles. The molecule has 1 atom stereocenters. The van der Waals surface area contributed by atoms with Crippen molar-refractivity contribution in [2.45, 2.75) is 38.7 Å². The van der Waals surface area contributed by atoms with Crippen molar-refractivity contribution in [3.8, 4) is 0 Å². The Labute approximate surface area is 98.0 Å². The molecular weight excluding hydrogens is 200 g/mol. The maximum Gasteiger partial charge on any atom is 0.0961 e. The zero-order chi connectivity index (χ0) is 11.6. The van der Waals surface area contributed by atoms with E-state index in [4.69, 9.17) is 10.5 Å². The van der Waals surface area contributed by atoms with Gasteiger partial charge in [0.1, 0.15) is 0 Å². The number of unbranched alkanes of at least 4 members (excludes halogenated alkanes) is 3. The monoisotopic (exact) mass is 222 g/mol. The highest BCUT2D eigenvalue weighted by Gasteiger charge is 2.09. The molecule has 0 spiro atoms. The summed E-state index contributed by atoms with van der Waals surface area (Å²) >= 11 is 0. The normalized spacial score (nSPS) is 12.6. The summed E-state index contributed by atoms with van der Waals surface area (Å²) in [6.07, 6.45) is 8.47. The van der Waals surface area contributed by atoms with Crippen LogP contribution in [-0.4, -0.2) is 18.1 Å². The molecule has 0 aromatic carbocycles. The Morgan fingerprint density at radius 1 is 1.38 bits per heavy atom. The maximum absolute atomic E-state index is 5.76. The Kier molecular flexibility index (Phi) is 6.77. The first-order valence-corrected chi connectivity index (χ1v) is 6.10. The molecule has 1 rings (SSSR count). The van der Waals surface area contributed by atoms with Gasteiger partial charge in [-0.05, 0) is 12.5 Å². The zero-order valence-electron chi connectivity index (χ0n) is 10.1. The van der Waals surface area contributed by atoms with E-state index < -0.39 is 0 Å². The average molecular weight is 222 g/mol. The van der Waals surface area contributed by atoms with E-state index in [0.29, 0.717) is 6.54 Å². The first-order valence-electron chi connectivity index (χ1n) is 6.10. The summed E-state index contributed by atoms with van der Waals surface area (Å²) in [5.74, 6) is 0. The number of ether oxygens (including phenoxy) is 1. The minimum atomic E-state index is -0.00433. The standard InChI is InChI=1S/C13H22N2O/c1-2-3-4-5-9-16-13(10-14)12-7-6-8-15-11-12/h6-8,11,13H,2-5,9-10,14H2,1H3. The Balaban J connectivity index is 2.27. The van der Waals surface area contributed by atoms with Gasteiger partial charge in [0, 0.05) is 31.1 Å². The zero-order valence-corrected chi connectivity index (χ0v) is 10.1. The van der Waals surface area contributed by atoms with Crippen LogP contribution in [0.1, 0.15) is 44.3 Å². The van der Waals surface area contributed by atoms with Crippen molar-refractivity contribution in [2.75, 3.05) is 13.2 Å². The number of aromatic nitrogens is 1. The molecule has 0 fully saturated rings. The van der Waals surface area contributed by atoms with Gasteiger partial charge in [-0.1, -0.05) is 32.3 Å². The van der Waals surface area contributed by atoms with Gasteiger partial charge >= 0.3 is 0 Å². The van der Waals surface area contributed by atoms with E-state index in [2.05, 4.69) is 11.9 Å². The van der Waals surface area contributed by atoms with Crippen LogP contribution in [-0.2, 0) is 4.74 Å². The van der Waals surface area contributed by atoms with Crippen LogP contribution in [0.25, 0.3) is 0 Å². The van der Waals surface area contributed by atoms with Crippen molar-refractivity contribution >= 4 is 0 Å². The van der Waals surface area contributed by atoms with Crippen LogP contribution in [0.5, 0.6) is 0 Å². The van der Waals surface area contributed by atoms with Crippen LogP contribution in [0.15, 0.2) is 24.5 Å². The van der Waals surface area contributed by atoms with Gasteiger partial charge in [-0.3, -0.25) is 4.98 Å². The molecular formula is C13H22N2O.